The molecular formula is C33H49N5O11S2. The van der Waals surface area contributed by atoms with Crippen molar-refractivity contribution in [2.75, 3.05) is 45.9 Å². The maximum absolute atomic E-state index is 13.5. The van der Waals surface area contributed by atoms with Gasteiger partial charge in [0.1, 0.15) is 32.5 Å². The first-order valence-corrected chi connectivity index (χ1v) is 19.2. The Kier molecular flexibility index (Phi) is 13.8. The van der Waals surface area contributed by atoms with Gasteiger partial charge in [-0.3, -0.25) is 15.6 Å². The molecule has 0 aromatic heterocycles. The van der Waals surface area contributed by atoms with E-state index in [0.29, 0.717) is 23.7 Å². The van der Waals surface area contributed by atoms with Gasteiger partial charge >= 0.3 is 22.3 Å². The van der Waals surface area contributed by atoms with Crippen LogP contribution in [0.2, 0.25) is 0 Å². The Morgan fingerprint density at radius 1 is 0.863 bits per heavy atom. The average Bonchev–Trinajstić information content (AvgIpc) is 3.00. The summed E-state index contributed by atoms with van der Waals surface area (Å²) >= 11 is 0. The third-order valence-corrected chi connectivity index (χ3v) is 10.3. The number of piperazine rings is 1. The lowest BCUT2D eigenvalue weighted by molar-refractivity contribution is -0.104. The minimum absolute atomic E-state index is 0.0248. The summed E-state index contributed by atoms with van der Waals surface area (Å²) in [6, 6.07) is 9.79. The van der Waals surface area contributed by atoms with Crippen molar-refractivity contribution in [2.24, 2.45) is 0 Å². The highest BCUT2D eigenvalue weighted by Crippen LogP contribution is 2.30. The van der Waals surface area contributed by atoms with E-state index in [0.717, 1.165) is 6.54 Å². The number of aryl methyl sites for hydroxylation is 1. The number of amides is 2. The van der Waals surface area contributed by atoms with Crippen LogP contribution >= 0.6 is 0 Å². The number of guanidine groups is 1. The van der Waals surface area contributed by atoms with Crippen molar-refractivity contribution in [3.63, 3.8) is 0 Å². The standard InChI is InChI=1S/C33H49N5O11S2/c1-9-36-15-17-37(18-16-36)50(41,42)27-13-10-11-14-28(27)51(43,44)49-26-22-24(2)21-25(23-26)45-19-12-20-46-38(31(40)48-33(6,7)8)29(34)35-30(39)47-32(3,4)5/h10-11,13-14,21-23H,9,12,15-20H2,1-8H3,(H2,34,35,39). The molecule has 1 saturated heterocycles. The molecule has 16 nitrogen and oxygen atoms in total. The Morgan fingerprint density at radius 3 is 2.04 bits per heavy atom. The van der Waals surface area contributed by atoms with Gasteiger partial charge in [-0.25, -0.2) is 18.0 Å². The number of rotatable bonds is 12. The van der Waals surface area contributed by atoms with E-state index in [4.69, 9.17) is 28.6 Å². The topological polar surface area (TPSA) is 194 Å². The Balaban J connectivity index is 1.67. The number of alkyl carbamates (subject to hydrolysis) is 1. The molecule has 284 valence electrons. The van der Waals surface area contributed by atoms with E-state index >= 15 is 0 Å². The molecule has 0 unspecified atom stereocenters. The van der Waals surface area contributed by atoms with E-state index < -0.39 is 54.4 Å². The number of hydroxylamine groups is 2. The molecule has 0 bridgehead atoms. The zero-order chi connectivity index (χ0) is 38.2. The Bertz CT molecular complexity index is 1760. The van der Waals surface area contributed by atoms with Crippen LogP contribution in [0.4, 0.5) is 9.59 Å². The second kappa shape index (κ2) is 17.0. The van der Waals surface area contributed by atoms with Crippen LogP contribution in [-0.4, -0.2) is 106 Å². The fraction of sp³-hybridized carbons (Fsp3) is 0.545. The Hall–Kier alpha value is -3.97. The maximum atomic E-state index is 13.5. The number of carbonyl (C=O) groups excluding carboxylic acids is 2. The third kappa shape index (κ3) is 12.6. The lowest BCUT2D eigenvalue weighted by atomic mass is 10.2. The van der Waals surface area contributed by atoms with Crippen molar-refractivity contribution in [1.29, 1.82) is 5.41 Å². The molecular weight excluding hydrogens is 707 g/mol. The molecule has 1 heterocycles. The predicted molar refractivity (Wildman–Crippen MR) is 188 cm³/mol. The normalized spacial score (nSPS) is 14.7. The lowest BCUT2D eigenvalue weighted by Gasteiger charge is -2.33. The summed E-state index contributed by atoms with van der Waals surface area (Å²) in [4.78, 5) is 31.6. The second-order valence-electron chi connectivity index (χ2n) is 13.6. The van der Waals surface area contributed by atoms with Crippen molar-refractivity contribution >= 4 is 38.3 Å². The van der Waals surface area contributed by atoms with E-state index in [-0.39, 0.29) is 49.1 Å². The molecule has 0 saturated carbocycles. The van der Waals surface area contributed by atoms with Crippen LogP contribution in [0.5, 0.6) is 11.5 Å². The monoisotopic (exact) mass is 755 g/mol. The minimum Gasteiger partial charge on any atom is -0.493 e. The number of benzene rings is 2. The zero-order valence-corrected chi connectivity index (χ0v) is 32.0. The van der Waals surface area contributed by atoms with Crippen molar-refractivity contribution in [3.05, 3.63) is 48.0 Å². The van der Waals surface area contributed by atoms with Crippen molar-refractivity contribution in [1.82, 2.24) is 19.6 Å². The van der Waals surface area contributed by atoms with Crippen LogP contribution in [0, 0.1) is 12.3 Å². The van der Waals surface area contributed by atoms with Gasteiger partial charge in [0.05, 0.1) is 13.2 Å². The number of nitrogens with zero attached hydrogens (tertiary/aromatic N) is 3. The second-order valence-corrected chi connectivity index (χ2v) is 17.0. The number of sulfonamides is 1. The first-order chi connectivity index (χ1) is 23.6. The first kappa shape index (κ1) is 41.5. The highest BCUT2D eigenvalue weighted by molar-refractivity contribution is 7.91. The smallest absolute Gasteiger partial charge is 0.442 e. The van der Waals surface area contributed by atoms with Gasteiger partial charge in [-0.05, 0) is 84.8 Å². The molecule has 0 spiro atoms. The summed E-state index contributed by atoms with van der Waals surface area (Å²) in [5.41, 5.74) is -1.17. The molecule has 2 N–H and O–H groups in total. The highest BCUT2D eigenvalue weighted by Gasteiger charge is 2.34. The predicted octanol–water partition coefficient (Wildman–Crippen LogP) is 4.49. The fourth-order valence-electron chi connectivity index (χ4n) is 4.68. The molecule has 2 aromatic rings. The summed E-state index contributed by atoms with van der Waals surface area (Å²) < 4.78 is 77.0. The molecule has 1 fully saturated rings. The van der Waals surface area contributed by atoms with Gasteiger partial charge in [-0.1, -0.05) is 19.1 Å². The molecule has 51 heavy (non-hydrogen) atoms. The van der Waals surface area contributed by atoms with Gasteiger partial charge in [0.15, 0.2) is 0 Å². The average molecular weight is 756 g/mol. The summed E-state index contributed by atoms with van der Waals surface area (Å²) in [6.07, 6.45) is -1.83. The number of likely N-dealkylation sites (N-methyl/N-ethyl adjacent to an activating group) is 1. The Labute approximate surface area is 300 Å². The Morgan fingerprint density at radius 2 is 1.45 bits per heavy atom. The largest absolute Gasteiger partial charge is 0.493 e. The van der Waals surface area contributed by atoms with Crippen LogP contribution in [0.15, 0.2) is 52.3 Å². The molecule has 0 aliphatic carbocycles. The van der Waals surface area contributed by atoms with E-state index in [1.54, 1.807) is 54.5 Å². The lowest BCUT2D eigenvalue weighted by Crippen LogP contribution is -2.49. The van der Waals surface area contributed by atoms with Crippen LogP contribution in [0.3, 0.4) is 0 Å². The molecule has 2 aromatic carbocycles. The number of carbonyl (C=O) groups is 2. The van der Waals surface area contributed by atoms with E-state index in [1.807, 2.05) is 6.92 Å². The summed E-state index contributed by atoms with van der Waals surface area (Å²) in [5.74, 6) is -0.574. The van der Waals surface area contributed by atoms with Gasteiger partial charge in [0, 0.05) is 38.7 Å². The van der Waals surface area contributed by atoms with Crippen LogP contribution in [0.25, 0.3) is 0 Å². The zero-order valence-electron chi connectivity index (χ0n) is 30.3. The van der Waals surface area contributed by atoms with Gasteiger partial charge < -0.3 is 23.3 Å². The van der Waals surface area contributed by atoms with Crippen LogP contribution < -0.4 is 14.2 Å². The molecule has 1 aliphatic rings. The van der Waals surface area contributed by atoms with Gasteiger partial charge in [-0.15, -0.1) is 5.06 Å². The van der Waals surface area contributed by atoms with Crippen molar-refractivity contribution < 1.29 is 49.7 Å². The minimum atomic E-state index is -4.60. The molecule has 1 aliphatic heterocycles. The first-order valence-electron chi connectivity index (χ1n) is 16.4. The molecule has 0 radical (unpaired) electrons. The maximum Gasteiger partial charge on any atom is 0.442 e. The molecule has 3 rings (SSSR count). The van der Waals surface area contributed by atoms with Crippen LogP contribution in [0.1, 0.15) is 60.5 Å². The molecule has 2 amide bonds. The van der Waals surface area contributed by atoms with Gasteiger partial charge in [-0.2, -0.15) is 12.7 Å². The van der Waals surface area contributed by atoms with Crippen LogP contribution in [-0.2, 0) is 34.5 Å². The van der Waals surface area contributed by atoms with E-state index in [2.05, 4.69) is 10.2 Å². The molecule has 18 heteroatoms. The third-order valence-electron chi connectivity index (χ3n) is 6.90. The van der Waals surface area contributed by atoms with E-state index in [9.17, 15) is 26.4 Å². The van der Waals surface area contributed by atoms with Gasteiger partial charge in [0.2, 0.25) is 16.0 Å². The van der Waals surface area contributed by atoms with Gasteiger partial charge in [0.25, 0.3) is 0 Å². The highest BCUT2D eigenvalue weighted by atomic mass is 32.2. The van der Waals surface area contributed by atoms with Crippen molar-refractivity contribution in [3.8, 4) is 11.5 Å². The summed E-state index contributed by atoms with van der Waals surface area (Å²) in [7, 11) is -8.74. The van der Waals surface area contributed by atoms with Crippen molar-refractivity contribution in [2.45, 2.75) is 82.8 Å². The van der Waals surface area contributed by atoms with E-state index in [1.165, 1.54) is 40.7 Å². The number of hydrogen-bond acceptors (Lipinski definition) is 13. The molecule has 0 atom stereocenters. The number of ether oxygens (including phenoxy) is 3. The number of hydrogen-bond donors (Lipinski definition) is 2. The quantitative estimate of drug-likeness (QED) is 0.102. The number of nitrogens with one attached hydrogen (secondary N) is 2. The SMILES string of the molecule is CCN1CCN(S(=O)(=O)c2ccccc2S(=O)(=O)Oc2cc(C)cc(OCCCON(C(=N)NC(=O)OC(C)(C)C)C(=O)OC(C)(C)C)c2)CC1. The fourth-order valence-corrected chi connectivity index (χ4v) is 7.80. The summed E-state index contributed by atoms with van der Waals surface area (Å²) in [6.45, 7) is 15.7. The summed E-state index contributed by atoms with van der Waals surface area (Å²) in [5, 5.41) is 10.8.